The van der Waals surface area contributed by atoms with Crippen LogP contribution in [0.1, 0.15) is 18.4 Å². The number of thioether (sulfide) groups is 1. The molecule has 3 rings (SSSR count). The van der Waals surface area contributed by atoms with Gasteiger partial charge in [-0.15, -0.1) is 0 Å². The van der Waals surface area contributed by atoms with Crippen molar-refractivity contribution >= 4 is 35.1 Å². The van der Waals surface area contributed by atoms with Crippen LogP contribution >= 0.6 is 23.4 Å². The standard InChI is InChI=1S/C17H19ClN4OS/c18-14-6-2-1-5-13(14)10-19-15-9-16(21-12-20-15)24-11-17(23)22-7-3-4-8-22/h1-2,5-6,9,12H,3-4,7-8,10-11H2,(H,19,20,21). The minimum atomic E-state index is 0.182. The summed E-state index contributed by atoms with van der Waals surface area (Å²) in [7, 11) is 0. The first-order valence-electron chi connectivity index (χ1n) is 7.92. The van der Waals surface area contributed by atoms with Crippen LogP contribution in [-0.4, -0.2) is 39.6 Å². The van der Waals surface area contributed by atoms with Gasteiger partial charge < -0.3 is 10.2 Å². The molecule has 1 N–H and O–H groups in total. The Labute approximate surface area is 150 Å². The number of nitrogens with one attached hydrogen (secondary N) is 1. The summed E-state index contributed by atoms with van der Waals surface area (Å²) in [4.78, 5) is 22.4. The lowest BCUT2D eigenvalue weighted by atomic mass is 10.2. The number of likely N-dealkylation sites (tertiary alicyclic amines) is 1. The number of nitrogens with zero attached hydrogens (tertiary/aromatic N) is 3. The highest BCUT2D eigenvalue weighted by atomic mass is 35.5. The van der Waals surface area contributed by atoms with Crippen molar-refractivity contribution in [2.45, 2.75) is 24.4 Å². The zero-order valence-electron chi connectivity index (χ0n) is 13.2. The van der Waals surface area contributed by atoms with E-state index in [1.165, 1.54) is 18.1 Å². The van der Waals surface area contributed by atoms with Gasteiger partial charge in [0.05, 0.1) is 5.75 Å². The summed E-state index contributed by atoms with van der Waals surface area (Å²) in [6.07, 6.45) is 3.73. The minimum Gasteiger partial charge on any atom is -0.366 e. The van der Waals surface area contributed by atoms with Crippen LogP contribution in [0.2, 0.25) is 5.02 Å². The van der Waals surface area contributed by atoms with E-state index in [1.54, 1.807) is 0 Å². The van der Waals surface area contributed by atoms with E-state index in [0.717, 1.165) is 47.4 Å². The quantitative estimate of drug-likeness (QED) is 0.630. The first-order valence-corrected chi connectivity index (χ1v) is 9.28. The second-order valence-corrected chi connectivity index (χ2v) is 6.97. The van der Waals surface area contributed by atoms with E-state index in [1.807, 2.05) is 35.2 Å². The van der Waals surface area contributed by atoms with Gasteiger partial charge >= 0.3 is 0 Å². The van der Waals surface area contributed by atoms with Gasteiger partial charge in [-0.2, -0.15) is 0 Å². The summed E-state index contributed by atoms with van der Waals surface area (Å²) in [5.74, 6) is 1.32. The summed E-state index contributed by atoms with van der Waals surface area (Å²) in [6, 6.07) is 9.56. The molecule has 2 aromatic rings. The van der Waals surface area contributed by atoms with Crippen molar-refractivity contribution in [3.05, 3.63) is 47.2 Å². The van der Waals surface area contributed by atoms with Crippen molar-refractivity contribution in [3.63, 3.8) is 0 Å². The molecule has 0 bridgehead atoms. The van der Waals surface area contributed by atoms with Gasteiger partial charge in [0.1, 0.15) is 17.2 Å². The fourth-order valence-electron chi connectivity index (χ4n) is 2.54. The number of hydrogen-bond donors (Lipinski definition) is 1. The Morgan fingerprint density at radius 3 is 2.83 bits per heavy atom. The van der Waals surface area contributed by atoms with Gasteiger partial charge in [-0.05, 0) is 24.5 Å². The van der Waals surface area contributed by atoms with Crippen molar-refractivity contribution in [1.29, 1.82) is 0 Å². The predicted octanol–water partition coefficient (Wildman–Crippen LogP) is 3.46. The van der Waals surface area contributed by atoms with Gasteiger partial charge in [-0.1, -0.05) is 41.6 Å². The summed E-state index contributed by atoms with van der Waals surface area (Å²) in [6.45, 7) is 2.36. The Kier molecular flexibility index (Phi) is 5.93. The number of halogens is 1. The lowest BCUT2D eigenvalue weighted by Crippen LogP contribution is -2.29. The molecule has 0 aliphatic carbocycles. The van der Waals surface area contributed by atoms with Crippen LogP contribution in [0.25, 0.3) is 0 Å². The van der Waals surface area contributed by atoms with Crippen molar-refractivity contribution in [2.75, 3.05) is 24.2 Å². The molecule has 0 radical (unpaired) electrons. The van der Waals surface area contributed by atoms with Crippen molar-refractivity contribution in [3.8, 4) is 0 Å². The Bertz CT molecular complexity index is 706. The summed E-state index contributed by atoms with van der Waals surface area (Å²) in [5, 5.41) is 4.76. The van der Waals surface area contributed by atoms with Crippen molar-refractivity contribution in [2.24, 2.45) is 0 Å². The lowest BCUT2D eigenvalue weighted by Gasteiger charge is -2.14. The zero-order valence-corrected chi connectivity index (χ0v) is 14.8. The normalized spacial score (nSPS) is 14.0. The molecule has 1 aliphatic rings. The average molecular weight is 363 g/mol. The highest BCUT2D eigenvalue weighted by Gasteiger charge is 2.17. The van der Waals surface area contributed by atoms with Crippen LogP contribution in [0.5, 0.6) is 0 Å². The van der Waals surface area contributed by atoms with Crippen LogP contribution in [0, 0.1) is 0 Å². The molecule has 0 atom stereocenters. The third kappa shape index (κ3) is 4.61. The first kappa shape index (κ1) is 17.0. The first-order chi connectivity index (χ1) is 11.7. The average Bonchev–Trinajstić information content (AvgIpc) is 3.14. The molecule has 0 saturated carbocycles. The molecule has 0 unspecified atom stereocenters. The third-order valence-electron chi connectivity index (χ3n) is 3.86. The molecule has 5 nitrogen and oxygen atoms in total. The summed E-state index contributed by atoms with van der Waals surface area (Å²) >= 11 is 7.60. The smallest absolute Gasteiger partial charge is 0.232 e. The maximum Gasteiger partial charge on any atom is 0.232 e. The molecule has 1 aromatic carbocycles. The number of anilines is 1. The zero-order chi connectivity index (χ0) is 16.8. The fourth-order valence-corrected chi connectivity index (χ4v) is 3.51. The van der Waals surface area contributed by atoms with E-state index in [2.05, 4.69) is 15.3 Å². The van der Waals surface area contributed by atoms with Crippen molar-refractivity contribution in [1.82, 2.24) is 14.9 Å². The number of carbonyl (C=O) groups excluding carboxylic acids is 1. The molecule has 1 fully saturated rings. The second kappa shape index (κ2) is 8.35. The Balaban J connectivity index is 1.54. The van der Waals surface area contributed by atoms with E-state index >= 15 is 0 Å². The van der Waals surface area contributed by atoms with E-state index in [0.29, 0.717) is 12.3 Å². The third-order valence-corrected chi connectivity index (χ3v) is 5.14. The van der Waals surface area contributed by atoms with Gasteiger partial charge in [-0.3, -0.25) is 4.79 Å². The topological polar surface area (TPSA) is 58.1 Å². The van der Waals surface area contributed by atoms with Crippen molar-refractivity contribution < 1.29 is 4.79 Å². The SMILES string of the molecule is O=C(CSc1cc(NCc2ccccc2Cl)ncn1)N1CCCC1. The van der Waals surface area contributed by atoms with Crippen LogP contribution in [0.3, 0.4) is 0 Å². The maximum absolute atomic E-state index is 12.1. The lowest BCUT2D eigenvalue weighted by molar-refractivity contribution is -0.127. The second-order valence-electron chi connectivity index (χ2n) is 5.56. The Morgan fingerprint density at radius 2 is 2.04 bits per heavy atom. The molecule has 24 heavy (non-hydrogen) atoms. The molecule has 1 aliphatic heterocycles. The van der Waals surface area contributed by atoms with Gasteiger partial charge in [0.2, 0.25) is 5.91 Å². The highest BCUT2D eigenvalue weighted by molar-refractivity contribution is 7.99. The highest BCUT2D eigenvalue weighted by Crippen LogP contribution is 2.20. The molecule has 1 saturated heterocycles. The number of carbonyl (C=O) groups is 1. The van der Waals surface area contributed by atoms with E-state index < -0.39 is 0 Å². The molecule has 1 aromatic heterocycles. The number of hydrogen-bond acceptors (Lipinski definition) is 5. The largest absolute Gasteiger partial charge is 0.366 e. The maximum atomic E-state index is 12.1. The van der Waals surface area contributed by atoms with Crippen LogP contribution < -0.4 is 5.32 Å². The fraction of sp³-hybridized carbons (Fsp3) is 0.353. The van der Waals surface area contributed by atoms with Crippen LogP contribution in [-0.2, 0) is 11.3 Å². The number of benzene rings is 1. The monoisotopic (exact) mass is 362 g/mol. The van der Waals surface area contributed by atoms with Gasteiger partial charge in [0.25, 0.3) is 0 Å². The molecule has 1 amide bonds. The Hall–Kier alpha value is -1.79. The summed E-state index contributed by atoms with van der Waals surface area (Å²) < 4.78 is 0. The van der Waals surface area contributed by atoms with Gasteiger partial charge in [-0.25, -0.2) is 9.97 Å². The molecule has 0 spiro atoms. The van der Waals surface area contributed by atoms with Gasteiger partial charge in [0.15, 0.2) is 0 Å². The molecule has 7 heteroatoms. The van der Waals surface area contributed by atoms with E-state index in [-0.39, 0.29) is 5.91 Å². The summed E-state index contributed by atoms with van der Waals surface area (Å²) in [5.41, 5.74) is 1.01. The molecule has 126 valence electrons. The molecular formula is C17H19ClN4OS. The van der Waals surface area contributed by atoms with Crippen LogP contribution in [0.15, 0.2) is 41.7 Å². The molecule has 2 heterocycles. The number of rotatable bonds is 6. The Morgan fingerprint density at radius 1 is 1.25 bits per heavy atom. The minimum absolute atomic E-state index is 0.182. The van der Waals surface area contributed by atoms with Gasteiger partial charge in [0, 0.05) is 30.7 Å². The van der Waals surface area contributed by atoms with E-state index in [9.17, 15) is 4.79 Å². The number of aromatic nitrogens is 2. The number of amides is 1. The van der Waals surface area contributed by atoms with Crippen LogP contribution in [0.4, 0.5) is 5.82 Å². The predicted molar refractivity (Wildman–Crippen MR) is 97.3 cm³/mol. The van der Waals surface area contributed by atoms with E-state index in [4.69, 9.17) is 11.6 Å². The molecular weight excluding hydrogens is 344 g/mol.